The fourth-order valence-corrected chi connectivity index (χ4v) is 3.72. The molecule has 1 atom stereocenters. The highest BCUT2D eigenvalue weighted by Gasteiger charge is 2.26. The van der Waals surface area contributed by atoms with Gasteiger partial charge in [-0.3, -0.25) is 14.8 Å². The van der Waals surface area contributed by atoms with Crippen LogP contribution in [0.25, 0.3) is 0 Å². The number of para-hydroxylation sites is 1. The molecule has 1 unspecified atom stereocenters. The minimum Gasteiger partial charge on any atom is -0.309 e. The Hall–Kier alpha value is -2.59. The lowest BCUT2D eigenvalue weighted by Crippen LogP contribution is -2.17. The topological polar surface area (TPSA) is 127 Å². The molecule has 126 valence electrons. The van der Waals surface area contributed by atoms with Crippen LogP contribution in [0.4, 0.5) is 11.5 Å². The summed E-state index contributed by atoms with van der Waals surface area (Å²) in [5.74, 6) is 0.00916. The molecule has 0 aliphatic carbocycles. The van der Waals surface area contributed by atoms with Gasteiger partial charge < -0.3 is 5.32 Å². The van der Waals surface area contributed by atoms with Crippen LogP contribution in [0.1, 0.15) is 24.6 Å². The number of nitro groups is 1. The first kappa shape index (κ1) is 16.3. The van der Waals surface area contributed by atoms with Crippen molar-refractivity contribution in [2.24, 2.45) is 0 Å². The van der Waals surface area contributed by atoms with E-state index in [1.54, 1.807) is 6.07 Å². The van der Waals surface area contributed by atoms with Crippen molar-refractivity contribution in [2.45, 2.75) is 23.8 Å². The number of nitro benzene ring substituents is 1. The van der Waals surface area contributed by atoms with Crippen LogP contribution >= 0.6 is 0 Å². The standard InChI is InChI=1S/C14H15N5O4S/c20-19(21)12-5-1-2-6-13(12)24(22,23)18-14-8-7-11(16-17-14)10-4-3-9-15-10/h1-2,5-8,10,15H,3-4,9H2,(H,17,18). The Morgan fingerprint density at radius 3 is 2.62 bits per heavy atom. The molecule has 3 rings (SSSR count). The molecule has 1 aliphatic rings. The average Bonchev–Trinajstić information content (AvgIpc) is 3.10. The van der Waals surface area contributed by atoms with Crippen LogP contribution in [-0.2, 0) is 10.0 Å². The first-order chi connectivity index (χ1) is 11.5. The highest BCUT2D eigenvalue weighted by atomic mass is 32.2. The summed E-state index contributed by atoms with van der Waals surface area (Å²) in [6.45, 7) is 0.915. The van der Waals surface area contributed by atoms with Gasteiger partial charge in [-0.1, -0.05) is 12.1 Å². The van der Waals surface area contributed by atoms with Crippen molar-refractivity contribution in [2.75, 3.05) is 11.3 Å². The van der Waals surface area contributed by atoms with E-state index < -0.39 is 25.5 Å². The van der Waals surface area contributed by atoms with Crippen molar-refractivity contribution in [1.29, 1.82) is 0 Å². The fraction of sp³-hybridized carbons (Fsp3) is 0.286. The van der Waals surface area contributed by atoms with Gasteiger partial charge in [-0.15, -0.1) is 5.10 Å². The molecule has 24 heavy (non-hydrogen) atoms. The van der Waals surface area contributed by atoms with Gasteiger partial charge in [0.25, 0.3) is 15.7 Å². The summed E-state index contributed by atoms with van der Waals surface area (Å²) in [6.07, 6.45) is 2.01. The summed E-state index contributed by atoms with van der Waals surface area (Å²) in [5, 5.41) is 22.1. The van der Waals surface area contributed by atoms with E-state index in [1.807, 2.05) is 0 Å². The molecule has 0 spiro atoms. The first-order valence-electron chi connectivity index (χ1n) is 7.30. The number of hydrogen-bond donors (Lipinski definition) is 2. The average molecular weight is 349 g/mol. The zero-order valence-electron chi connectivity index (χ0n) is 12.5. The van der Waals surface area contributed by atoms with Gasteiger partial charge in [0.15, 0.2) is 10.7 Å². The quantitative estimate of drug-likeness (QED) is 0.620. The smallest absolute Gasteiger partial charge is 0.289 e. The van der Waals surface area contributed by atoms with Crippen molar-refractivity contribution >= 4 is 21.5 Å². The van der Waals surface area contributed by atoms with Gasteiger partial charge in [0.1, 0.15) is 0 Å². The summed E-state index contributed by atoms with van der Waals surface area (Å²) in [5.41, 5.74) is 0.242. The number of rotatable bonds is 5. The predicted molar refractivity (Wildman–Crippen MR) is 85.9 cm³/mol. The molecule has 1 aliphatic heterocycles. The van der Waals surface area contributed by atoms with E-state index in [4.69, 9.17) is 0 Å². The number of nitrogens with one attached hydrogen (secondary N) is 2. The summed E-state index contributed by atoms with van der Waals surface area (Å²) >= 11 is 0. The van der Waals surface area contributed by atoms with Gasteiger partial charge in [0, 0.05) is 6.07 Å². The Labute approximate surface area is 138 Å². The van der Waals surface area contributed by atoms with Gasteiger partial charge in [-0.05, 0) is 37.6 Å². The molecular weight excluding hydrogens is 334 g/mol. The molecule has 1 fully saturated rings. The summed E-state index contributed by atoms with van der Waals surface area (Å²) < 4.78 is 27.0. The summed E-state index contributed by atoms with van der Waals surface area (Å²) in [7, 11) is -4.13. The van der Waals surface area contributed by atoms with Crippen molar-refractivity contribution < 1.29 is 13.3 Å². The molecule has 1 saturated heterocycles. The first-order valence-corrected chi connectivity index (χ1v) is 8.79. The molecule has 0 saturated carbocycles. The highest BCUT2D eigenvalue weighted by Crippen LogP contribution is 2.25. The molecule has 1 aromatic heterocycles. The Bertz CT molecular complexity index is 848. The Morgan fingerprint density at radius 2 is 2.00 bits per heavy atom. The molecule has 0 radical (unpaired) electrons. The highest BCUT2D eigenvalue weighted by molar-refractivity contribution is 7.92. The Balaban J connectivity index is 1.83. The number of aromatic nitrogens is 2. The van der Waals surface area contributed by atoms with Crippen LogP contribution in [0.5, 0.6) is 0 Å². The third-order valence-corrected chi connectivity index (χ3v) is 5.10. The number of sulfonamides is 1. The van der Waals surface area contributed by atoms with Crippen LogP contribution in [0.15, 0.2) is 41.3 Å². The molecule has 0 amide bonds. The lowest BCUT2D eigenvalue weighted by molar-refractivity contribution is -0.387. The van der Waals surface area contributed by atoms with Gasteiger partial charge >= 0.3 is 0 Å². The van der Waals surface area contributed by atoms with Gasteiger partial charge in [-0.2, -0.15) is 5.10 Å². The SMILES string of the molecule is O=[N+]([O-])c1ccccc1S(=O)(=O)Nc1ccc(C2CCCN2)nn1. The number of nitrogens with zero attached hydrogens (tertiary/aromatic N) is 3. The summed E-state index contributed by atoms with van der Waals surface area (Å²) in [4.78, 5) is 9.83. The maximum Gasteiger partial charge on any atom is 0.289 e. The van der Waals surface area contributed by atoms with E-state index in [0.717, 1.165) is 31.1 Å². The van der Waals surface area contributed by atoms with Crippen molar-refractivity contribution in [3.8, 4) is 0 Å². The molecule has 10 heteroatoms. The normalized spacial score (nSPS) is 17.6. The van der Waals surface area contributed by atoms with Gasteiger partial charge in [0.05, 0.1) is 16.7 Å². The molecular formula is C14H15N5O4S. The number of benzene rings is 1. The van der Waals surface area contributed by atoms with E-state index in [-0.39, 0.29) is 11.9 Å². The van der Waals surface area contributed by atoms with Crippen LogP contribution < -0.4 is 10.0 Å². The lowest BCUT2D eigenvalue weighted by atomic mass is 10.1. The largest absolute Gasteiger partial charge is 0.309 e. The maximum absolute atomic E-state index is 12.4. The molecule has 2 N–H and O–H groups in total. The summed E-state index contributed by atoms with van der Waals surface area (Å²) in [6, 6.07) is 8.43. The molecule has 0 bridgehead atoms. The Kier molecular flexibility index (Phi) is 4.40. The molecule has 2 aromatic rings. The van der Waals surface area contributed by atoms with E-state index in [1.165, 1.54) is 24.3 Å². The second kappa shape index (κ2) is 6.49. The minimum absolute atomic E-state index is 0.00916. The second-order valence-corrected chi connectivity index (χ2v) is 6.97. The fourth-order valence-electron chi connectivity index (χ4n) is 2.55. The Morgan fingerprint density at radius 1 is 1.21 bits per heavy atom. The van der Waals surface area contributed by atoms with E-state index in [9.17, 15) is 18.5 Å². The molecule has 9 nitrogen and oxygen atoms in total. The van der Waals surface area contributed by atoms with E-state index in [2.05, 4.69) is 20.2 Å². The zero-order chi connectivity index (χ0) is 17.2. The van der Waals surface area contributed by atoms with Crippen LogP contribution in [0, 0.1) is 10.1 Å². The molecule has 1 aromatic carbocycles. The van der Waals surface area contributed by atoms with E-state index >= 15 is 0 Å². The number of anilines is 1. The lowest BCUT2D eigenvalue weighted by Gasteiger charge is -2.10. The van der Waals surface area contributed by atoms with Crippen LogP contribution in [-0.4, -0.2) is 30.1 Å². The zero-order valence-corrected chi connectivity index (χ0v) is 13.4. The maximum atomic E-state index is 12.4. The predicted octanol–water partition coefficient (Wildman–Crippen LogP) is 1.61. The van der Waals surface area contributed by atoms with Crippen molar-refractivity contribution in [3.05, 3.63) is 52.2 Å². The van der Waals surface area contributed by atoms with E-state index in [0.29, 0.717) is 0 Å². The van der Waals surface area contributed by atoms with Crippen molar-refractivity contribution in [1.82, 2.24) is 15.5 Å². The number of hydrogen-bond acceptors (Lipinski definition) is 7. The minimum atomic E-state index is -4.13. The van der Waals surface area contributed by atoms with Crippen LogP contribution in [0.3, 0.4) is 0 Å². The third kappa shape index (κ3) is 3.34. The van der Waals surface area contributed by atoms with Gasteiger partial charge in [0.2, 0.25) is 0 Å². The van der Waals surface area contributed by atoms with Gasteiger partial charge in [-0.25, -0.2) is 8.42 Å². The molecule has 2 heterocycles. The second-order valence-electron chi connectivity index (χ2n) is 5.32. The van der Waals surface area contributed by atoms with Crippen LogP contribution in [0.2, 0.25) is 0 Å². The monoisotopic (exact) mass is 349 g/mol. The third-order valence-electron chi connectivity index (χ3n) is 3.69. The van der Waals surface area contributed by atoms with Crippen molar-refractivity contribution in [3.63, 3.8) is 0 Å².